The monoisotopic (exact) mass is 356 g/mol. The van der Waals surface area contributed by atoms with Crippen molar-refractivity contribution in [1.82, 2.24) is 14.9 Å². The van der Waals surface area contributed by atoms with Crippen molar-refractivity contribution >= 4 is 23.2 Å². The van der Waals surface area contributed by atoms with Gasteiger partial charge < -0.3 is 9.64 Å². The van der Waals surface area contributed by atoms with Gasteiger partial charge in [0.25, 0.3) is 6.43 Å². The van der Waals surface area contributed by atoms with Gasteiger partial charge in [-0.1, -0.05) is 6.07 Å². The molecular formula is C15H18F2N4O2S. The highest BCUT2D eigenvalue weighted by Crippen LogP contribution is 2.13. The Balaban J connectivity index is 1.90. The van der Waals surface area contributed by atoms with E-state index in [4.69, 9.17) is 4.74 Å². The first-order valence-electron chi connectivity index (χ1n) is 7.40. The number of amides is 2. The van der Waals surface area contributed by atoms with E-state index in [-0.39, 0.29) is 17.7 Å². The molecule has 0 fully saturated rings. The van der Waals surface area contributed by atoms with Crippen molar-refractivity contribution in [2.75, 3.05) is 25.0 Å². The molecule has 24 heavy (non-hydrogen) atoms. The maximum atomic E-state index is 12.3. The minimum absolute atomic E-state index is 0.0407. The Morgan fingerprint density at radius 3 is 2.96 bits per heavy atom. The van der Waals surface area contributed by atoms with Gasteiger partial charge in [-0.05, 0) is 13.0 Å². The number of anilines is 1. The van der Waals surface area contributed by atoms with Gasteiger partial charge in [0.2, 0.25) is 5.88 Å². The van der Waals surface area contributed by atoms with E-state index in [1.165, 1.54) is 6.07 Å². The number of ether oxygens (including phenoxy) is 1. The van der Waals surface area contributed by atoms with Gasteiger partial charge in [0.05, 0.1) is 5.01 Å². The topological polar surface area (TPSA) is 67.4 Å². The smallest absolute Gasteiger partial charge is 0.323 e. The number of likely N-dealkylation sites (N-methyl/N-ethyl adjacent to an activating group) is 1. The van der Waals surface area contributed by atoms with Gasteiger partial charge in [0.1, 0.15) is 5.82 Å². The number of thiazole rings is 1. The number of rotatable bonds is 8. The van der Waals surface area contributed by atoms with Crippen LogP contribution in [0.3, 0.4) is 0 Å². The second-order valence-electron chi connectivity index (χ2n) is 4.75. The maximum Gasteiger partial charge on any atom is 0.323 e. The lowest BCUT2D eigenvalue weighted by Crippen LogP contribution is -2.36. The molecule has 0 unspecified atom stereocenters. The van der Waals surface area contributed by atoms with Gasteiger partial charge >= 0.3 is 6.03 Å². The quantitative estimate of drug-likeness (QED) is 0.788. The summed E-state index contributed by atoms with van der Waals surface area (Å²) in [5.74, 6) is 0.290. The van der Waals surface area contributed by atoms with Crippen LogP contribution in [0.5, 0.6) is 5.88 Å². The van der Waals surface area contributed by atoms with Crippen molar-refractivity contribution in [2.24, 2.45) is 0 Å². The van der Waals surface area contributed by atoms with Crippen molar-refractivity contribution in [2.45, 2.75) is 19.8 Å². The zero-order valence-electron chi connectivity index (χ0n) is 13.1. The lowest BCUT2D eigenvalue weighted by atomic mass is 10.4. The molecule has 2 aromatic heterocycles. The van der Waals surface area contributed by atoms with E-state index in [2.05, 4.69) is 15.3 Å². The lowest BCUT2D eigenvalue weighted by molar-refractivity contribution is 0.0796. The van der Waals surface area contributed by atoms with E-state index >= 15 is 0 Å². The van der Waals surface area contributed by atoms with E-state index < -0.39 is 13.0 Å². The summed E-state index contributed by atoms with van der Waals surface area (Å²) < 4.78 is 29.1. The van der Waals surface area contributed by atoms with Crippen LogP contribution < -0.4 is 10.1 Å². The van der Waals surface area contributed by atoms with Crippen molar-refractivity contribution in [3.63, 3.8) is 0 Å². The second kappa shape index (κ2) is 9.11. The molecule has 0 bridgehead atoms. The van der Waals surface area contributed by atoms with Gasteiger partial charge in [-0.3, -0.25) is 5.32 Å². The van der Waals surface area contributed by atoms with Gasteiger partial charge in [-0.15, -0.1) is 11.3 Å². The maximum absolute atomic E-state index is 12.3. The van der Waals surface area contributed by atoms with Gasteiger partial charge in [0, 0.05) is 37.2 Å². The summed E-state index contributed by atoms with van der Waals surface area (Å²) in [6.45, 7) is 2.19. The Morgan fingerprint density at radius 1 is 1.46 bits per heavy atom. The summed E-state index contributed by atoms with van der Waals surface area (Å²) in [4.78, 5) is 22.1. The fraction of sp³-hybridized carbons (Fsp3) is 0.400. The summed E-state index contributed by atoms with van der Waals surface area (Å²) in [7, 11) is 0. The van der Waals surface area contributed by atoms with E-state index in [0.717, 1.165) is 5.01 Å². The highest BCUT2D eigenvalue weighted by Gasteiger charge is 2.13. The van der Waals surface area contributed by atoms with E-state index in [9.17, 15) is 13.6 Å². The number of carbonyl (C=O) groups excluding carboxylic acids is 1. The van der Waals surface area contributed by atoms with Crippen molar-refractivity contribution in [3.05, 3.63) is 34.8 Å². The Bertz CT molecular complexity index is 640. The second-order valence-corrected chi connectivity index (χ2v) is 5.73. The number of alkyl halides is 2. The molecule has 0 aromatic carbocycles. The first-order valence-corrected chi connectivity index (χ1v) is 8.28. The molecule has 0 aliphatic rings. The third-order valence-electron chi connectivity index (χ3n) is 3.06. The molecule has 9 heteroatoms. The molecule has 0 radical (unpaired) electrons. The minimum atomic E-state index is -2.58. The molecule has 1 N–H and O–H groups in total. The molecule has 0 atom stereocenters. The van der Waals surface area contributed by atoms with Crippen molar-refractivity contribution in [1.29, 1.82) is 0 Å². The molecule has 0 saturated carbocycles. The van der Waals surface area contributed by atoms with Gasteiger partial charge in [-0.25, -0.2) is 18.6 Å². The van der Waals surface area contributed by atoms with E-state index in [1.54, 1.807) is 34.6 Å². The normalized spacial score (nSPS) is 10.7. The van der Waals surface area contributed by atoms with Crippen LogP contribution in [0.1, 0.15) is 11.9 Å². The Morgan fingerprint density at radius 2 is 2.29 bits per heavy atom. The molecule has 2 heterocycles. The van der Waals surface area contributed by atoms with Crippen LogP contribution in [0.4, 0.5) is 19.4 Å². The van der Waals surface area contributed by atoms with Gasteiger partial charge in [0.15, 0.2) is 6.61 Å². The summed E-state index contributed by atoms with van der Waals surface area (Å²) in [6, 6.07) is 4.29. The molecule has 2 amide bonds. The van der Waals surface area contributed by atoms with Crippen LogP contribution in [0.15, 0.2) is 29.8 Å². The van der Waals surface area contributed by atoms with Crippen molar-refractivity contribution in [3.8, 4) is 5.88 Å². The molecule has 0 aliphatic heterocycles. The lowest BCUT2D eigenvalue weighted by Gasteiger charge is -2.20. The van der Waals surface area contributed by atoms with Crippen LogP contribution in [0, 0.1) is 0 Å². The number of aromatic nitrogens is 2. The molecule has 6 nitrogen and oxygen atoms in total. The van der Waals surface area contributed by atoms with Crippen LogP contribution in [0.2, 0.25) is 0 Å². The molecule has 0 saturated heterocycles. The standard InChI is InChI=1S/C15H18F2N4O2S/c1-2-21(8-6-14-18-7-9-24-14)15(22)20-12-4-3-5-13(19-12)23-10-11(16)17/h3-5,7,9,11H,2,6,8,10H2,1H3,(H,19,20,22). The summed E-state index contributed by atoms with van der Waals surface area (Å²) in [5, 5.41) is 5.49. The van der Waals surface area contributed by atoms with E-state index in [1.807, 2.05) is 12.3 Å². The summed E-state index contributed by atoms with van der Waals surface area (Å²) >= 11 is 1.54. The van der Waals surface area contributed by atoms with Crippen LogP contribution in [-0.2, 0) is 6.42 Å². The minimum Gasteiger partial charge on any atom is -0.472 e. The Labute approximate surface area is 142 Å². The highest BCUT2D eigenvalue weighted by atomic mass is 32.1. The number of carbonyl (C=O) groups is 1. The van der Waals surface area contributed by atoms with E-state index in [0.29, 0.717) is 19.5 Å². The fourth-order valence-electron chi connectivity index (χ4n) is 1.91. The predicted octanol–water partition coefficient (Wildman–Crippen LogP) is 3.28. The third kappa shape index (κ3) is 5.73. The zero-order valence-corrected chi connectivity index (χ0v) is 13.9. The average molecular weight is 356 g/mol. The average Bonchev–Trinajstić information content (AvgIpc) is 3.07. The summed E-state index contributed by atoms with van der Waals surface area (Å²) in [6.07, 6.45) is -0.179. The van der Waals surface area contributed by atoms with Crippen molar-refractivity contribution < 1.29 is 18.3 Å². The first-order chi connectivity index (χ1) is 11.6. The fourth-order valence-corrected chi connectivity index (χ4v) is 2.52. The molecule has 0 spiro atoms. The Hall–Kier alpha value is -2.29. The van der Waals surface area contributed by atoms with Gasteiger partial charge in [-0.2, -0.15) is 4.98 Å². The number of nitrogens with zero attached hydrogens (tertiary/aromatic N) is 3. The SMILES string of the molecule is CCN(CCc1nccs1)C(=O)Nc1cccc(OCC(F)F)n1. The third-order valence-corrected chi connectivity index (χ3v) is 3.90. The van der Waals surface area contributed by atoms with Crippen LogP contribution >= 0.6 is 11.3 Å². The number of pyridine rings is 1. The first kappa shape index (κ1) is 18.1. The number of hydrogen-bond acceptors (Lipinski definition) is 5. The largest absolute Gasteiger partial charge is 0.472 e. The zero-order chi connectivity index (χ0) is 17.4. The number of nitrogens with one attached hydrogen (secondary N) is 1. The van der Waals surface area contributed by atoms with Crippen LogP contribution in [0.25, 0.3) is 0 Å². The molecule has 2 rings (SSSR count). The number of urea groups is 1. The van der Waals surface area contributed by atoms with Crippen LogP contribution in [-0.4, -0.2) is 47.0 Å². The molecule has 0 aliphatic carbocycles. The number of halogens is 2. The molecule has 2 aromatic rings. The summed E-state index contributed by atoms with van der Waals surface area (Å²) in [5.41, 5.74) is 0. The predicted molar refractivity (Wildman–Crippen MR) is 87.8 cm³/mol. The highest BCUT2D eigenvalue weighted by molar-refractivity contribution is 7.09. The number of hydrogen-bond donors (Lipinski definition) is 1. The Kier molecular flexibility index (Phi) is 6.86. The molecular weight excluding hydrogens is 338 g/mol. The molecule has 130 valence electrons.